The van der Waals surface area contributed by atoms with Crippen LogP contribution in [0.1, 0.15) is 51.2 Å². The summed E-state index contributed by atoms with van der Waals surface area (Å²) in [5, 5.41) is 3.47. The second kappa shape index (κ2) is 9.25. The van der Waals surface area contributed by atoms with Crippen molar-refractivity contribution in [3.05, 3.63) is 35.4 Å². The maximum Gasteiger partial charge on any atom is 0.222 e. The maximum absolute atomic E-state index is 11.9. The Kier molecular flexibility index (Phi) is 6.75. The molecule has 0 radical (unpaired) electrons. The molecule has 1 N–H and O–H groups in total. The van der Waals surface area contributed by atoms with Gasteiger partial charge in [0.2, 0.25) is 5.91 Å². The molecule has 27 heavy (non-hydrogen) atoms. The normalized spacial score (nSPS) is 23.8. The highest BCUT2D eigenvalue weighted by molar-refractivity contribution is 5.80. The Bertz CT molecular complexity index is 662. The lowest BCUT2D eigenvalue weighted by Gasteiger charge is -2.37. The number of rotatable bonds is 5. The molecule has 2 aliphatic rings. The fourth-order valence-corrected chi connectivity index (χ4v) is 4.35. The standard InChI is InChI=1S/C22H34N4O/c1-4-23-22(26-14-17(2)11-18(3)15-26)24-13-19-7-5-8-20(12-19)16-25-10-6-9-21(25)27/h5,7-8,12,17-18H,4,6,9-11,13-16H2,1-3H3,(H,23,24). The van der Waals surface area contributed by atoms with Gasteiger partial charge in [0.05, 0.1) is 6.54 Å². The summed E-state index contributed by atoms with van der Waals surface area (Å²) in [4.78, 5) is 21.2. The van der Waals surface area contributed by atoms with E-state index in [0.29, 0.717) is 24.8 Å². The molecule has 1 amide bonds. The first kappa shape index (κ1) is 19.7. The molecule has 1 aromatic carbocycles. The Morgan fingerprint density at radius 1 is 1.22 bits per heavy atom. The van der Waals surface area contributed by atoms with Crippen molar-refractivity contribution in [1.29, 1.82) is 0 Å². The Balaban J connectivity index is 1.66. The zero-order valence-electron chi connectivity index (χ0n) is 17.1. The average molecular weight is 371 g/mol. The van der Waals surface area contributed by atoms with Gasteiger partial charge in [-0.25, -0.2) is 4.99 Å². The van der Waals surface area contributed by atoms with E-state index in [4.69, 9.17) is 4.99 Å². The lowest BCUT2D eigenvalue weighted by molar-refractivity contribution is -0.128. The molecule has 1 aromatic rings. The number of carbonyl (C=O) groups excluding carboxylic acids is 1. The maximum atomic E-state index is 11.9. The predicted molar refractivity (Wildman–Crippen MR) is 110 cm³/mol. The number of carbonyl (C=O) groups is 1. The van der Waals surface area contributed by atoms with Crippen LogP contribution in [0.5, 0.6) is 0 Å². The first-order valence-electron chi connectivity index (χ1n) is 10.4. The minimum Gasteiger partial charge on any atom is -0.357 e. The molecule has 2 heterocycles. The van der Waals surface area contributed by atoms with Gasteiger partial charge in [0, 0.05) is 39.1 Å². The van der Waals surface area contributed by atoms with E-state index in [1.165, 1.54) is 17.5 Å². The number of hydrogen-bond donors (Lipinski definition) is 1. The van der Waals surface area contributed by atoms with Gasteiger partial charge in [-0.2, -0.15) is 0 Å². The summed E-state index contributed by atoms with van der Waals surface area (Å²) in [6, 6.07) is 8.51. The Labute approximate surface area is 163 Å². The predicted octanol–water partition coefficient (Wildman–Crippen LogP) is 3.25. The van der Waals surface area contributed by atoms with Crippen LogP contribution in [0.4, 0.5) is 0 Å². The van der Waals surface area contributed by atoms with E-state index >= 15 is 0 Å². The zero-order chi connectivity index (χ0) is 19.2. The third-order valence-electron chi connectivity index (χ3n) is 5.45. The van der Waals surface area contributed by atoms with Crippen LogP contribution in [0.25, 0.3) is 0 Å². The fraction of sp³-hybridized carbons (Fsp3) is 0.636. The van der Waals surface area contributed by atoms with Gasteiger partial charge in [-0.15, -0.1) is 0 Å². The van der Waals surface area contributed by atoms with Gasteiger partial charge < -0.3 is 15.1 Å². The van der Waals surface area contributed by atoms with Crippen LogP contribution < -0.4 is 5.32 Å². The highest BCUT2D eigenvalue weighted by Gasteiger charge is 2.24. The molecular formula is C22H34N4O. The second-order valence-electron chi connectivity index (χ2n) is 8.26. The van der Waals surface area contributed by atoms with Crippen molar-refractivity contribution in [1.82, 2.24) is 15.1 Å². The molecule has 5 heteroatoms. The summed E-state index contributed by atoms with van der Waals surface area (Å²) in [7, 11) is 0. The molecule has 2 saturated heterocycles. The number of guanidine groups is 1. The van der Waals surface area contributed by atoms with Gasteiger partial charge in [-0.05, 0) is 42.7 Å². The first-order chi connectivity index (χ1) is 13.0. The van der Waals surface area contributed by atoms with Gasteiger partial charge in [-0.1, -0.05) is 38.1 Å². The Morgan fingerprint density at radius 2 is 1.96 bits per heavy atom. The number of nitrogens with one attached hydrogen (secondary N) is 1. The number of benzene rings is 1. The van der Waals surface area contributed by atoms with Crippen LogP contribution in [0.15, 0.2) is 29.3 Å². The molecule has 0 spiro atoms. The van der Waals surface area contributed by atoms with Gasteiger partial charge >= 0.3 is 0 Å². The van der Waals surface area contributed by atoms with E-state index in [1.807, 2.05) is 4.90 Å². The molecule has 2 aliphatic heterocycles. The summed E-state index contributed by atoms with van der Waals surface area (Å²) in [6.45, 7) is 12.1. The number of likely N-dealkylation sites (tertiary alicyclic amines) is 2. The number of aliphatic imine (C=N–C) groups is 1. The molecule has 5 nitrogen and oxygen atoms in total. The zero-order valence-corrected chi connectivity index (χ0v) is 17.1. The topological polar surface area (TPSA) is 47.9 Å². The average Bonchev–Trinajstić information content (AvgIpc) is 3.03. The van der Waals surface area contributed by atoms with Gasteiger partial charge in [0.1, 0.15) is 0 Å². The van der Waals surface area contributed by atoms with Crippen molar-refractivity contribution in [2.24, 2.45) is 16.8 Å². The van der Waals surface area contributed by atoms with Crippen molar-refractivity contribution in [2.75, 3.05) is 26.2 Å². The monoisotopic (exact) mass is 370 g/mol. The molecule has 2 atom stereocenters. The van der Waals surface area contributed by atoms with E-state index < -0.39 is 0 Å². The van der Waals surface area contributed by atoms with Crippen LogP contribution in [-0.4, -0.2) is 47.8 Å². The molecule has 2 fully saturated rings. The minimum atomic E-state index is 0.279. The lowest BCUT2D eigenvalue weighted by Crippen LogP contribution is -2.48. The van der Waals surface area contributed by atoms with Crippen LogP contribution >= 0.6 is 0 Å². The van der Waals surface area contributed by atoms with Crippen molar-refractivity contribution in [3.8, 4) is 0 Å². The van der Waals surface area contributed by atoms with Gasteiger partial charge in [0.25, 0.3) is 0 Å². The summed E-state index contributed by atoms with van der Waals surface area (Å²) >= 11 is 0. The van der Waals surface area contributed by atoms with Crippen molar-refractivity contribution >= 4 is 11.9 Å². The van der Waals surface area contributed by atoms with Crippen LogP contribution in [-0.2, 0) is 17.9 Å². The second-order valence-corrected chi connectivity index (χ2v) is 8.26. The number of piperidine rings is 1. The summed E-state index contributed by atoms with van der Waals surface area (Å²) in [5.41, 5.74) is 2.40. The van der Waals surface area contributed by atoms with Crippen LogP contribution in [0.3, 0.4) is 0 Å². The van der Waals surface area contributed by atoms with Crippen LogP contribution in [0, 0.1) is 11.8 Å². The van der Waals surface area contributed by atoms with Crippen molar-refractivity contribution < 1.29 is 4.79 Å². The first-order valence-corrected chi connectivity index (χ1v) is 10.4. The third kappa shape index (κ3) is 5.47. The van der Waals surface area contributed by atoms with Gasteiger partial charge in [0.15, 0.2) is 5.96 Å². The van der Waals surface area contributed by atoms with E-state index in [1.54, 1.807) is 0 Å². The quantitative estimate of drug-likeness (QED) is 0.639. The van der Waals surface area contributed by atoms with Crippen LogP contribution in [0.2, 0.25) is 0 Å². The molecule has 0 bridgehead atoms. The van der Waals surface area contributed by atoms with Crippen molar-refractivity contribution in [3.63, 3.8) is 0 Å². The fourth-order valence-electron chi connectivity index (χ4n) is 4.35. The number of nitrogens with zero attached hydrogens (tertiary/aromatic N) is 3. The molecule has 0 aromatic heterocycles. The Hall–Kier alpha value is -2.04. The largest absolute Gasteiger partial charge is 0.357 e. The summed E-state index contributed by atoms with van der Waals surface area (Å²) < 4.78 is 0. The molecule has 2 unspecified atom stereocenters. The molecule has 148 valence electrons. The van der Waals surface area contributed by atoms with E-state index in [9.17, 15) is 4.79 Å². The van der Waals surface area contributed by atoms with E-state index in [-0.39, 0.29) is 5.91 Å². The molecule has 0 aliphatic carbocycles. The lowest BCUT2D eigenvalue weighted by atomic mass is 9.92. The molecule has 0 saturated carbocycles. The van der Waals surface area contributed by atoms with E-state index in [2.05, 4.69) is 55.3 Å². The number of amides is 1. The van der Waals surface area contributed by atoms with Gasteiger partial charge in [-0.3, -0.25) is 4.79 Å². The Morgan fingerprint density at radius 3 is 2.63 bits per heavy atom. The third-order valence-corrected chi connectivity index (χ3v) is 5.45. The SMILES string of the molecule is CCNC(=NCc1cccc(CN2CCCC2=O)c1)N1CC(C)CC(C)C1. The highest BCUT2D eigenvalue weighted by Crippen LogP contribution is 2.21. The van der Waals surface area contributed by atoms with Crippen molar-refractivity contribution in [2.45, 2.75) is 53.1 Å². The number of hydrogen-bond acceptors (Lipinski definition) is 2. The molecule has 3 rings (SSSR count). The molecular weight excluding hydrogens is 336 g/mol. The summed E-state index contributed by atoms with van der Waals surface area (Å²) in [5.74, 6) is 2.72. The minimum absolute atomic E-state index is 0.279. The van der Waals surface area contributed by atoms with E-state index in [0.717, 1.165) is 45.1 Å². The highest BCUT2D eigenvalue weighted by atomic mass is 16.2. The smallest absolute Gasteiger partial charge is 0.222 e. The summed E-state index contributed by atoms with van der Waals surface area (Å²) in [6.07, 6.45) is 2.98.